The first-order valence-electron chi connectivity index (χ1n) is 6.98. The fraction of sp³-hybridized carbons (Fsp3) is 0.538. The van der Waals surface area contributed by atoms with Gasteiger partial charge < -0.3 is 4.74 Å². The Bertz CT molecular complexity index is 812. The van der Waals surface area contributed by atoms with E-state index in [1.807, 2.05) is 0 Å². The summed E-state index contributed by atoms with van der Waals surface area (Å²) >= 11 is 0. The van der Waals surface area contributed by atoms with E-state index >= 15 is 0 Å². The first-order chi connectivity index (χ1) is 11.0. The topological polar surface area (TPSA) is 92.8 Å². The molecular weight excluding hydrogens is 366 g/mol. The van der Waals surface area contributed by atoms with Gasteiger partial charge in [-0.1, -0.05) is 0 Å². The van der Waals surface area contributed by atoms with E-state index in [0.717, 1.165) is 10.4 Å². The van der Waals surface area contributed by atoms with Crippen molar-refractivity contribution < 1.29 is 30.4 Å². The van der Waals surface area contributed by atoms with E-state index in [1.54, 1.807) is 0 Å². The third kappa shape index (κ3) is 4.28. The summed E-state index contributed by atoms with van der Waals surface area (Å²) in [6.45, 7) is 0.0779. The number of hydrogen-bond acceptors (Lipinski definition) is 5. The van der Waals surface area contributed by atoms with Gasteiger partial charge in [-0.15, -0.1) is 0 Å². The molecule has 0 radical (unpaired) electrons. The van der Waals surface area contributed by atoms with Gasteiger partial charge in [0.2, 0.25) is 20.0 Å². The van der Waals surface area contributed by atoms with Crippen LogP contribution < -0.4 is 4.72 Å². The third-order valence-corrected chi connectivity index (χ3v) is 7.14. The van der Waals surface area contributed by atoms with Crippen molar-refractivity contribution in [1.82, 2.24) is 9.03 Å². The first kappa shape index (κ1) is 19.2. The van der Waals surface area contributed by atoms with Gasteiger partial charge in [0.25, 0.3) is 0 Å². The minimum atomic E-state index is -4.14. The summed E-state index contributed by atoms with van der Waals surface area (Å²) in [4.78, 5) is -0.442. The van der Waals surface area contributed by atoms with Crippen LogP contribution in [0.25, 0.3) is 0 Å². The van der Waals surface area contributed by atoms with E-state index < -0.39 is 48.5 Å². The second kappa shape index (κ2) is 7.00. The lowest BCUT2D eigenvalue weighted by Gasteiger charge is -2.21. The van der Waals surface area contributed by atoms with Crippen LogP contribution >= 0.6 is 0 Å². The fourth-order valence-electron chi connectivity index (χ4n) is 2.22. The Labute approximate surface area is 139 Å². The number of sulfonamides is 2. The van der Waals surface area contributed by atoms with Crippen molar-refractivity contribution in [2.75, 3.05) is 33.1 Å². The molecule has 0 amide bonds. The third-order valence-electron chi connectivity index (χ3n) is 3.69. The molecule has 1 N–H and O–H groups in total. The Morgan fingerprint density at radius 2 is 1.83 bits per heavy atom. The van der Waals surface area contributed by atoms with Crippen LogP contribution in [0.5, 0.6) is 0 Å². The number of halogens is 2. The molecule has 0 unspecified atom stereocenters. The number of benzene rings is 1. The second-order valence-electron chi connectivity index (χ2n) is 5.66. The van der Waals surface area contributed by atoms with Crippen LogP contribution in [0.2, 0.25) is 0 Å². The normalized spacial score (nSPS) is 22.2. The molecule has 0 aliphatic carbocycles. The van der Waals surface area contributed by atoms with Gasteiger partial charge in [0.15, 0.2) is 11.6 Å². The molecule has 0 saturated carbocycles. The summed E-state index contributed by atoms with van der Waals surface area (Å²) in [5, 5.41) is 0. The van der Waals surface area contributed by atoms with E-state index in [1.165, 1.54) is 14.1 Å². The summed E-state index contributed by atoms with van der Waals surface area (Å²) in [7, 11) is -4.91. The highest BCUT2D eigenvalue weighted by atomic mass is 32.2. The van der Waals surface area contributed by atoms with Gasteiger partial charge in [-0.25, -0.2) is 34.6 Å². The molecule has 11 heteroatoms. The molecule has 7 nitrogen and oxygen atoms in total. The van der Waals surface area contributed by atoms with Crippen molar-refractivity contribution >= 4 is 20.0 Å². The standard InChI is InChI=1S/C13H18F2N2O5S2/c1-17(2)23(18,19)8-9-6-22-7-13(9)16-24(20,21)10-3-4-11(14)12(15)5-10/h3-5,9,13,16H,6-8H2,1-2H3/t9-,13+/m0/s1. The fourth-order valence-corrected chi connectivity index (χ4v) is 4.69. The summed E-state index contributed by atoms with van der Waals surface area (Å²) in [6.07, 6.45) is 0. The van der Waals surface area contributed by atoms with Gasteiger partial charge in [0.05, 0.1) is 29.9 Å². The molecule has 0 aromatic heterocycles. The Kier molecular flexibility index (Phi) is 5.60. The lowest BCUT2D eigenvalue weighted by Crippen LogP contribution is -2.43. The molecule has 1 saturated heterocycles. The number of rotatable bonds is 6. The van der Waals surface area contributed by atoms with E-state index in [4.69, 9.17) is 4.74 Å². The molecule has 0 bridgehead atoms. The van der Waals surface area contributed by atoms with Crippen LogP contribution in [0, 0.1) is 17.6 Å². The van der Waals surface area contributed by atoms with Gasteiger partial charge >= 0.3 is 0 Å². The maximum absolute atomic E-state index is 13.2. The average molecular weight is 384 g/mol. The van der Waals surface area contributed by atoms with Crippen molar-refractivity contribution in [2.24, 2.45) is 5.92 Å². The van der Waals surface area contributed by atoms with Crippen molar-refractivity contribution in [3.05, 3.63) is 29.8 Å². The highest BCUT2D eigenvalue weighted by Crippen LogP contribution is 2.20. The van der Waals surface area contributed by atoms with Crippen LogP contribution in [-0.4, -0.2) is 60.2 Å². The number of nitrogens with zero attached hydrogens (tertiary/aromatic N) is 1. The minimum absolute atomic E-state index is 0.00345. The predicted molar refractivity (Wildman–Crippen MR) is 82.3 cm³/mol. The van der Waals surface area contributed by atoms with Crippen molar-refractivity contribution in [3.63, 3.8) is 0 Å². The lowest BCUT2D eigenvalue weighted by molar-refractivity contribution is 0.185. The number of ether oxygens (including phenoxy) is 1. The van der Waals surface area contributed by atoms with Crippen LogP contribution in [0.4, 0.5) is 8.78 Å². The Balaban J connectivity index is 2.17. The molecular formula is C13H18F2N2O5S2. The van der Waals surface area contributed by atoms with Crippen molar-refractivity contribution in [3.8, 4) is 0 Å². The molecule has 136 valence electrons. The summed E-state index contributed by atoms with van der Waals surface area (Å²) in [5.41, 5.74) is 0. The highest BCUT2D eigenvalue weighted by Gasteiger charge is 2.36. The molecule has 1 fully saturated rings. The second-order valence-corrected chi connectivity index (χ2v) is 9.60. The van der Waals surface area contributed by atoms with Crippen LogP contribution in [0.1, 0.15) is 0 Å². The Hall–Kier alpha value is -1.14. The first-order valence-corrected chi connectivity index (χ1v) is 10.1. The quantitative estimate of drug-likeness (QED) is 0.754. The van der Waals surface area contributed by atoms with Crippen molar-refractivity contribution in [1.29, 1.82) is 0 Å². The summed E-state index contributed by atoms with van der Waals surface area (Å²) in [6, 6.07) is 1.43. The molecule has 1 aromatic rings. The van der Waals surface area contributed by atoms with Crippen LogP contribution in [0.15, 0.2) is 23.1 Å². The maximum atomic E-state index is 13.2. The average Bonchev–Trinajstić information content (AvgIpc) is 2.87. The monoisotopic (exact) mass is 384 g/mol. The van der Waals surface area contributed by atoms with E-state index in [0.29, 0.717) is 12.1 Å². The SMILES string of the molecule is CN(C)S(=O)(=O)C[C@@H]1COC[C@H]1NS(=O)(=O)c1ccc(F)c(F)c1. The van der Waals surface area contributed by atoms with Gasteiger partial charge in [0, 0.05) is 20.0 Å². The molecule has 0 spiro atoms. The maximum Gasteiger partial charge on any atom is 0.241 e. The zero-order valence-corrected chi connectivity index (χ0v) is 14.7. The van der Waals surface area contributed by atoms with Gasteiger partial charge in [0.1, 0.15) is 0 Å². The zero-order chi connectivity index (χ0) is 18.1. The van der Waals surface area contributed by atoms with E-state index in [9.17, 15) is 25.6 Å². The number of nitrogens with one attached hydrogen (secondary N) is 1. The van der Waals surface area contributed by atoms with Crippen molar-refractivity contribution in [2.45, 2.75) is 10.9 Å². The van der Waals surface area contributed by atoms with Gasteiger partial charge in [-0.3, -0.25) is 0 Å². The predicted octanol–water partition coefficient (Wildman–Crippen LogP) is 0.150. The molecule has 2 rings (SSSR count). The molecule has 1 aliphatic heterocycles. The molecule has 2 atom stereocenters. The molecule has 1 aromatic carbocycles. The lowest BCUT2D eigenvalue weighted by atomic mass is 10.1. The smallest absolute Gasteiger partial charge is 0.241 e. The van der Waals surface area contributed by atoms with Crippen LogP contribution in [0.3, 0.4) is 0 Å². The van der Waals surface area contributed by atoms with E-state index in [2.05, 4.69) is 4.72 Å². The van der Waals surface area contributed by atoms with E-state index in [-0.39, 0.29) is 19.0 Å². The molecule has 1 heterocycles. The molecule has 1 aliphatic rings. The van der Waals surface area contributed by atoms with Crippen LogP contribution in [-0.2, 0) is 24.8 Å². The zero-order valence-electron chi connectivity index (χ0n) is 13.1. The molecule has 24 heavy (non-hydrogen) atoms. The largest absolute Gasteiger partial charge is 0.379 e. The Morgan fingerprint density at radius 1 is 1.17 bits per heavy atom. The Morgan fingerprint density at radius 3 is 2.42 bits per heavy atom. The van der Waals surface area contributed by atoms with Gasteiger partial charge in [-0.05, 0) is 18.2 Å². The summed E-state index contributed by atoms with van der Waals surface area (Å²) < 4.78 is 83.2. The van der Waals surface area contributed by atoms with Gasteiger partial charge in [-0.2, -0.15) is 0 Å². The number of hydrogen-bond donors (Lipinski definition) is 1. The highest BCUT2D eigenvalue weighted by molar-refractivity contribution is 7.89. The summed E-state index contributed by atoms with van der Waals surface area (Å²) in [5.74, 6) is -3.32. The minimum Gasteiger partial charge on any atom is -0.379 e.